The number of hydrogen-bond acceptors (Lipinski definition) is 4. The lowest BCUT2D eigenvalue weighted by atomic mass is 10.0. The Hall–Kier alpha value is -2.62. The highest BCUT2D eigenvalue weighted by molar-refractivity contribution is 5.94. The molecule has 0 aromatic heterocycles. The van der Waals surface area contributed by atoms with Crippen LogP contribution < -0.4 is 0 Å². The predicted molar refractivity (Wildman–Crippen MR) is 110 cm³/mol. The third-order valence-corrected chi connectivity index (χ3v) is 4.51. The van der Waals surface area contributed by atoms with Gasteiger partial charge in [-0.05, 0) is 24.0 Å². The number of rotatable bonds is 6. The summed E-state index contributed by atoms with van der Waals surface area (Å²) in [5.74, 6) is 1.71. The molecule has 27 heavy (non-hydrogen) atoms. The minimum absolute atomic E-state index is 0.109. The molecule has 2 aromatic rings. The molecule has 4 nitrogen and oxygen atoms in total. The van der Waals surface area contributed by atoms with Gasteiger partial charge in [0.1, 0.15) is 18.7 Å². The Bertz CT molecular complexity index is 769. The molecule has 0 saturated heterocycles. The van der Waals surface area contributed by atoms with Gasteiger partial charge in [0.25, 0.3) is 0 Å². The van der Waals surface area contributed by atoms with E-state index in [0.717, 1.165) is 12.0 Å². The first kappa shape index (κ1) is 19.2. The van der Waals surface area contributed by atoms with E-state index < -0.39 is 0 Å². The molecule has 0 amide bonds. The summed E-state index contributed by atoms with van der Waals surface area (Å²) < 4.78 is 12.0. The summed E-state index contributed by atoms with van der Waals surface area (Å²) >= 11 is 0. The minimum atomic E-state index is -0.145. The highest BCUT2D eigenvalue weighted by Gasteiger charge is 2.31. The van der Waals surface area contributed by atoms with E-state index in [2.05, 4.69) is 38.1 Å². The Morgan fingerprint density at radius 1 is 0.815 bits per heavy atom. The molecular weight excluding hydrogens is 336 g/mol. The van der Waals surface area contributed by atoms with Crippen LogP contribution >= 0.6 is 0 Å². The van der Waals surface area contributed by atoms with Crippen molar-refractivity contribution in [2.75, 3.05) is 6.61 Å². The molecule has 2 aromatic carbocycles. The van der Waals surface area contributed by atoms with E-state index in [1.807, 2.05) is 43.3 Å². The maximum Gasteiger partial charge on any atom is 0.210 e. The topological polar surface area (TPSA) is 43.2 Å². The second kappa shape index (κ2) is 9.36. The van der Waals surface area contributed by atoms with Crippen molar-refractivity contribution in [2.24, 2.45) is 15.9 Å². The van der Waals surface area contributed by atoms with Crippen molar-refractivity contribution in [3.63, 3.8) is 0 Å². The van der Waals surface area contributed by atoms with E-state index >= 15 is 0 Å². The summed E-state index contributed by atoms with van der Waals surface area (Å²) in [4.78, 5) is 9.81. The first-order valence-corrected chi connectivity index (χ1v) is 9.66. The summed E-state index contributed by atoms with van der Waals surface area (Å²) in [7, 11) is 0. The predicted octanol–water partition coefficient (Wildman–Crippen LogP) is 4.69. The molecule has 0 saturated carbocycles. The van der Waals surface area contributed by atoms with E-state index in [-0.39, 0.29) is 18.0 Å². The Kier molecular flexibility index (Phi) is 6.64. The zero-order valence-electron chi connectivity index (χ0n) is 16.3. The van der Waals surface area contributed by atoms with E-state index in [4.69, 9.17) is 19.5 Å². The number of hydrogen-bond donors (Lipinski definition) is 0. The lowest BCUT2D eigenvalue weighted by molar-refractivity contribution is 0.255. The summed E-state index contributed by atoms with van der Waals surface area (Å²) in [6, 6.07) is 20.2. The van der Waals surface area contributed by atoms with Crippen LogP contribution in [-0.4, -0.2) is 30.5 Å². The van der Waals surface area contributed by atoms with Gasteiger partial charge in [0, 0.05) is 6.42 Å². The molecule has 0 bridgehead atoms. The van der Waals surface area contributed by atoms with Crippen molar-refractivity contribution in [2.45, 2.75) is 45.9 Å². The highest BCUT2D eigenvalue weighted by atomic mass is 16.5. The summed E-state index contributed by atoms with van der Waals surface area (Å²) in [5.41, 5.74) is 2.34. The fourth-order valence-corrected chi connectivity index (χ4v) is 3.10. The Morgan fingerprint density at radius 3 is 2.04 bits per heavy atom. The van der Waals surface area contributed by atoms with Crippen LogP contribution in [0, 0.1) is 5.92 Å². The highest BCUT2D eigenvalue weighted by Crippen LogP contribution is 2.21. The Morgan fingerprint density at radius 2 is 1.44 bits per heavy atom. The number of benzene rings is 2. The molecule has 1 aliphatic rings. The third-order valence-electron chi connectivity index (χ3n) is 4.51. The average molecular weight is 364 g/mol. The van der Waals surface area contributed by atoms with Gasteiger partial charge in [-0.2, -0.15) is 0 Å². The van der Waals surface area contributed by atoms with Gasteiger partial charge in [-0.1, -0.05) is 74.5 Å². The molecule has 1 aliphatic heterocycles. The molecule has 0 unspecified atom stereocenters. The molecular formula is C23H28N2O2. The van der Waals surface area contributed by atoms with Crippen LogP contribution in [0.2, 0.25) is 0 Å². The summed E-state index contributed by atoms with van der Waals surface area (Å²) in [6.45, 7) is 7.34. The molecule has 142 valence electrons. The van der Waals surface area contributed by atoms with E-state index in [9.17, 15) is 0 Å². The van der Waals surface area contributed by atoms with Gasteiger partial charge in [-0.25, -0.2) is 9.98 Å². The number of ether oxygens (including phenoxy) is 2. The molecule has 0 spiro atoms. The first-order chi connectivity index (χ1) is 13.2. The third kappa shape index (κ3) is 5.19. The fourth-order valence-electron chi connectivity index (χ4n) is 3.10. The molecule has 0 N–H and O–H groups in total. The molecule has 4 heteroatoms. The van der Waals surface area contributed by atoms with Crippen LogP contribution in [0.5, 0.6) is 0 Å². The monoisotopic (exact) mass is 364 g/mol. The second-order valence-corrected chi connectivity index (χ2v) is 7.04. The Balaban J connectivity index is 1.82. The van der Waals surface area contributed by atoms with Gasteiger partial charge in [-0.15, -0.1) is 0 Å². The van der Waals surface area contributed by atoms with Crippen molar-refractivity contribution in [3.8, 4) is 0 Å². The van der Waals surface area contributed by atoms with Gasteiger partial charge < -0.3 is 9.47 Å². The standard InChI is InChI=1S/C23H28N2O2/c1-4-26-22-20(15-18-11-7-5-8-12-18)24-23(21(25-22)17(2)3)27-16-19-13-9-6-10-14-19/h5-14,17,20-21H,4,15-16H2,1-3H3/t20-,21+/m1/s1. The van der Waals surface area contributed by atoms with Crippen LogP contribution in [0.3, 0.4) is 0 Å². The van der Waals surface area contributed by atoms with Crippen LogP contribution in [0.15, 0.2) is 70.6 Å². The van der Waals surface area contributed by atoms with Crippen molar-refractivity contribution >= 4 is 11.8 Å². The van der Waals surface area contributed by atoms with E-state index in [1.54, 1.807) is 0 Å². The molecule has 0 fully saturated rings. The second-order valence-electron chi connectivity index (χ2n) is 7.04. The van der Waals surface area contributed by atoms with Crippen LogP contribution in [0.25, 0.3) is 0 Å². The van der Waals surface area contributed by atoms with Crippen molar-refractivity contribution in [3.05, 3.63) is 71.8 Å². The van der Waals surface area contributed by atoms with Crippen molar-refractivity contribution in [1.82, 2.24) is 0 Å². The van der Waals surface area contributed by atoms with Crippen LogP contribution in [-0.2, 0) is 22.5 Å². The van der Waals surface area contributed by atoms with Gasteiger partial charge in [0.05, 0.1) is 6.61 Å². The van der Waals surface area contributed by atoms with Crippen LogP contribution in [0.4, 0.5) is 0 Å². The van der Waals surface area contributed by atoms with E-state index in [1.165, 1.54) is 5.56 Å². The molecule has 1 heterocycles. The van der Waals surface area contributed by atoms with Gasteiger partial charge >= 0.3 is 0 Å². The van der Waals surface area contributed by atoms with E-state index in [0.29, 0.717) is 25.0 Å². The normalized spacial score (nSPS) is 19.4. The molecule has 3 rings (SSSR count). The quantitative estimate of drug-likeness (QED) is 0.746. The smallest absolute Gasteiger partial charge is 0.210 e. The Labute approximate surface area is 162 Å². The number of nitrogens with zero attached hydrogens (tertiary/aromatic N) is 2. The lowest BCUT2D eigenvalue weighted by Crippen LogP contribution is -2.39. The fraction of sp³-hybridized carbons (Fsp3) is 0.391. The molecule has 0 aliphatic carbocycles. The van der Waals surface area contributed by atoms with Gasteiger partial charge in [0.15, 0.2) is 0 Å². The SMILES string of the molecule is CCOC1=N[C@@H](C(C)C)C(OCc2ccccc2)=N[C@@H]1Cc1ccccc1. The van der Waals surface area contributed by atoms with Crippen LogP contribution in [0.1, 0.15) is 31.9 Å². The number of aliphatic imine (C=N–C) groups is 2. The zero-order chi connectivity index (χ0) is 19.1. The summed E-state index contributed by atoms with van der Waals surface area (Å²) in [6.07, 6.45) is 0.753. The summed E-state index contributed by atoms with van der Waals surface area (Å²) in [5, 5.41) is 0. The maximum atomic E-state index is 6.12. The largest absolute Gasteiger partial charge is 0.480 e. The average Bonchev–Trinajstić information content (AvgIpc) is 2.69. The zero-order valence-corrected chi connectivity index (χ0v) is 16.3. The van der Waals surface area contributed by atoms with Gasteiger partial charge in [-0.3, -0.25) is 0 Å². The molecule has 0 radical (unpaired) electrons. The first-order valence-electron chi connectivity index (χ1n) is 9.66. The lowest BCUT2D eigenvalue weighted by Gasteiger charge is -2.28. The minimum Gasteiger partial charge on any atom is -0.480 e. The molecule has 2 atom stereocenters. The van der Waals surface area contributed by atoms with Crippen molar-refractivity contribution < 1.29 is 9.47 Å². The maximum absolute atomic E-state index is 6.12. The van der Waals surface area contributed by atoms with Gasteiger partial charge in [0.2, 0.25) is 11.8 Å². The van der Waals surface area contributed by atoms with Crippen molar-refractivity contribution in [1.29, 1.82) is 0 Å².